The van der Waals surface area contributed by atoms with Gasteiger partial charge in [0.05, 0.1) is 0 Å². The van der Waals surface area contributed by atoms with E-state index in [9.17, 15) is 14.4 Å². The summed E-state index contributed by atoms with van der Waals surface area (Å²) in [5.74, 6) is -1.08. The highest BCUT2D eigenvalue weighted by atomic mass is 16.4. The van der Waals surface area contributed by atoms with Crippen molar-refractivity contribution in [2.75, 3.05) is 7.05 Å². The molecule has 0 bridgehead atoms. The van der Waals surface area contributed by atoms with E-state index in [1.165, 1.54) is 14.0 Å². The minimum Gasteiger partial charge on any atom is -0.465 e. The monoisotopic (exact) mass is 279 g/mol. The molecule has 0 saturated carbocycles. The van der Waals surface area contributed by atoms with Gasteiger partial charge in [-0.3, -0.25) is 14.5 Å². The number of amides is 3. The largest absolute Gasteiger partial charge is 0.465 e. The van der Waals surface area contributed by atoms with Crippen LogP contribution in [0, 0.1) is 0 Å². The number of nitrogens with zero attached hydrogens (tertiary/aromatic N) is 1. The average Bonchev–Trinajstić information content (AvgIpc) is 2.42. The zero-order chi connectivity index (χ0) is 15.1. The van der Waals surface area contributed by atoms with Crippen LogP contribution in [0.3, 0.4) is 0 Å². The predicted octanol–water partition coefficient (Wildman–Crippen LogP) is 0.375. The van der Waals surface area contributed by atoms with E-state index in [1.54, 1.807) is 0 Å². The third kappa shape index (κ3) is 4.60. The lowest BCUT2D eigenvalue weighted by Gasteiger charge is -2.25. The highest BCUT2D eigenvalue weighted by Gasteiger charge is 2.27. The third-order valence-corrected chi connectivity index (χ3v) is 2.59. The van der Waals surface area contributed by atoms with Crippen LogP contribution in [0.1, 0.15) is 12.5 Å². The lowest BCUT2D eigenvalue weighted by molar-refractivity contribution is -0.131. The maximum Gasteiger partial charge on any atom is 0.409 e. The van der Waals surface area contributed by atoms with Gasteiger partial charge in [-0.05, 0) is 5.56 Å². The summed E-state index contributed by atoms with van der Waals surface area (Å²) in [6, 6.07) is 9.17. The maximum absolute atomic E-state index is 12.0. The van der Waals surface area contributed by atoms with Crippen LogP contribution >= 0.6 is 0 Å². The van der Waals surface area contributed by atoms with E-state index in [-0.39, 0.29) is 6.54 Å². The second kappa shape index (κ2) is 7.13. The molecule has 0 aliphatic heterocycles. The molecular weight excluding hydrogens is 262 g/mol. The molecular formula is C13H17N3O4. The van der Waals surface area contributed by atoms with Crippen molar-refractivity contribution in [2.45, 2.75) is 19.6 Å². The quantitative estimate of drug-likeness (QED) is 0.678. The highest BCUT2D eigenvalue weighted by Crippen LogP contribution is 1.99. The normalized spacial score (nSPS) is 11.3. The Bertz CT molecular complexity index is 490. The number of hydrogen-bond donors (Lipinski definition) is 3. The molecule has 7 nitrogen and oxygen atoms in total. The van der Waals surface area contributed by atoms with Crippen molar-refractivity contribution in [3.05, 3.63) is 35.9 Å². The number of benzene rings is 1. The lowest BCUT2D eigenvalue weighted by Crippen LogP contribution is -2.56. The Kier molecular flexibility index (Phi) is 5.52. The molecule has 0 heterocycles. The average molecular weight is 279 g/mol. The van der Waals surface area contributed by atoms with Gasteiger partial charge in [-0.1, -0.05) is 30.3 Å². The van der Waals surface area contributed by atoms with Gasteiger partial charge in [0.2, 0.25) is 5.91 Å². The molecule has 7 heteroatoms. The Morgan fingerprint density at radius 3 is 2.35 bits per heavy atom. The van der Waals surface area contributed by atoms with Crippen LogP contribution in [0.2, 0.25) is 0 Å². The van der Waals surface area contributed by atoms with E-state index < -0.39 is 24.1 Å². The summed E-state index contributed by atoms with van der Waals surface area (Å²) in [7, 11) is 1.21. The summed E-state index contributed by atoms with van der Waals surface area (Å²) in [6.07, 6.45) is -2.56. The Morgan fingerprint density at radius 2 is 1.85 bits per heavy atom. The van der Waals surface area contributed by atoms with Crippen LogP contribution in [-0.4, -0.2) is 41.1 Å². The molecule has 0 saturated heterocycles. The fourth-order valence-electron chi connectivity index (χ4n) is 1.52. The second-order valence-corrected chi connectivity index (χ2v) is 4.20. The molecule has 0 aromatic heterocycles. The Labute approximate surface area is 116 Å². The minimum absolute atomic E-state index is 0.253. The number of nitrogens with one attached hydrogen (secondary N) is 2. The van der Waals surface area contributed by atoms with Crippen molar-refractivity contribution in [3.63, 3.8) is 0 Å². The van der Waals surface area contributed by atoms with Gasteiger partial charge in [0.1, 0.15) is 0 Å². The third-order valence-electron chi connectivity index (χ3n) is 2.59. The summed E-state index contributed by atoms with van der Waals surface area (Å²) in [5, 5.41) is 13.8. The van der Waals surface area contributed by atoms with Gasteiger partial charge in [0.15, 0.2) is 6.17 Å². The van der Waals surface area contributed by atoms with Crippen LogP contribution in [0.4, 0.5) is 4.79 Å². The van der Waals surface area contributed by atoms with Crippen LogP contribution in [0.25, 0.3) is 0 Å². The molecule has 20 heavy (non-hydrogen) atoms. The summed E-state index contributed by atoms with van der Waals surface area (Å²) < 4.78 is 0. The predicted molar refractivity (Wildman–Crippen MR) is 71.7 cm³/mol. The zero-order valence-electron chi connectivity index (χ0n) is 11.3. The van der Waals surface area contributed by atoms with Gasteiger partial charge < -0.3 is 15.7 Å². The van der Waals surface area contributed by atoms with Crippen LogP contribution in [-0.2, 0) is 16.1 Å². The fraction of sp³-hybridized carbons (Fsp3) is 0.308. The number of carboxylic acid groups (broad SMARTS) is 1. The van der Waals surface area contributed by atoms with Gasteiger partial charge in [-0.2, -0.15) is 0 Å². The van der Waals surface area contributed by atoms with E-state index in [1.807, 2.05) is 30.3 Å². The van der Waals surface area contributed by atoms with Crippen molar-refractivity contribution in [1.29, 1.82) is 0 Å². The molecule has 108 valence electrons. The lowest BCUT2D eigenvalue weighted by atomic mass is 10.2. The Hall–Kier alpha value is -2.57. The van der Waals surface area contributed by atoms with Crippen molar-refractivity contribution in [1.82, 2.24) is 15.5 Å². The summed E-state index contributed by atoms with van der Waals surface area (Å²) >= 11 is 0. The number of hydrogen-bond acceptors (Lipinski definition) is 3. The summed E-state index contributed by atoms with van der Waals surface area (Å²) in [5.41, 5.74) is 0.875. The van der Waals surface area contributed by atoms with Crippen LogP contribution in [0.5, 0.6) is 0 Å². The van der Waals surface area contributed by atoms with E-state index in [0.29, 0.717) is 0 Å². The summed E-state index contributed by atoms with van der Waals surface area (Å²) in [4.78, 5) is 34.6. The Morgan fingerprint density at radius 1 is 1.25 bits per heavy atom. The van der Waals surface area contributed by atoms with Crippen LogP contribution < -0.4 is 10.6 Å². The highest BCUT2D eigenvalue weighted by molar-refractivity contribution is 5.88. The molecule has 1 unspecified atom stereocenters. The summed E-state index contributed by atoms with van der Waals surface area (Å²) in [6.45, 7) is 1.47. The number of carbonyl (C=O) groups excluding carboxylic acids is 2. The van der Waals surface area contributed by atoms with Crippen LogP contribution in [0.15, 0.2) is 30.3 Å². The van der Waals surface area contributed by atoms with Crippen molar-refractivity contribution in [2.24, 2.45) is 0 Å². The molecule has 0 fully saturated rings. The van der Waals surface area contributed by atoms with Crippen molar-refractivity contribution < 1.29 is 19.5 Å². The first-order valence-electron chi connectivity index (χ1n) is 5.96. The molecule has 0 aliphatic rings. The maximum atomic E-state index is 12.0. The first-order chi connectivity index (χ1) is 9.41. The van der Waals surface area contributed by atoms with E-state index >= 15 is 0 Å². The Balaban J connectivity index is 2.68. The number of rotatable bonds is 5. The van der Waals surface area contributed by atoms with Gasteiger partial charge in [0.25, 0.3) is 5.91 Å². The minimum atomic E-state index is -1.31. The van der Waals surface area contributed by atoms with E-state index in [4.69, 9.17) is 5.11 Å². The molecule has 0 radical (unpaired) electrons. The molecule has 0 aliphatic carbocycles. The van der Waals surface area contributed by atoms with Gasteiger partial charge in [0, 0.05) is 20.5 Å². The zero-order valence-corrected chi connectivity index (χ0v) is 11.3. The number of likely N-dealkylation sites (N-methyl/N-ethyl adjacent to an activating group) is 1. The van der Waals surface area contributed by atoms with E-state index in [0.717, 1.165) is 10.5 Å². The standard InChI is InChI=1S/C13H17N3O4/c1-9(17)15-11(16(2)13(19)20)12(18)14-8-10-6-4-3-5-7-10/h3-7,11H,8H2,1-2H3,(H,14,18)(H,15,17)(H,19,20). The molecule has 3 amide bonds. The topological polar surface area (TPSA) is 98.7 Å². The second-order valence-electron chi connectivity index (χ2n) is 4.20. The van der Waals surface area contributed by atoms with Gasteiger partial charge in [-0.25, -0.2) is 4.79 Å². The van der Waals surface area contributed by atoms with Crippen molar-refractivity contribution in [3.8, 4) is 0 Å². The van der Waals surface area contributed by atoms with Gasteiger partial charge in [-0.15, -0.1) is 0 Å². The molecule has 1 aromatic rings. The smallest absolute Gasteiger partial charge is 0.409 e. The molecule has 1 atom stereocenters. The molecule has 1 aromatic carbocycles. The van der Waals surface area contributed by atoms with E-state index in [2.05, 4.69) is 10.6 Å². The fourth-order valence-corrected chi connectivity index (χ4v) is 1.52. The first-order valence-corrected chi connectivity index (χ1v) is 5.96. The molecule has 1 rings (SSSR count). The molecule has 3 N–H and O–H groups in total. The first kappa shape index (κ1) is 15.5. The molecule has 0 spiro atoms. The number of carbonyl (C=O) groups is 3. The SMILES string of the molecule is CC(=O)NC(C(=O)NCc1ccccc1)N(C)C(=O)O. The van der Waals surface area contributed by atoms with Gasteiger partial charge >= 0.3 is 6.09 Å². The van der Waals surface area contributed by atoms with Crippen molar-refractivity contribution >= 4 is 17.9 Å².